The fourth-order valence-corrected chi connectivity index (χ4v) is 6.13. The third-order valence-corrected chi connectivity index (χ3v) is 8.01. The lowest BCUT2D eigenvalue weighted by molar-refractivity contribution is -0.0503. The summed E-state index contributed by atoms with van der Waals surface area (Å²) in [4.78, 5) is 8.16. The van der Waals surface area contributed by atoms with E-state index >= 15 is 0 Å². The Morgan fingerprint density at radius 1 is 0.647 bits per heavy atom. The summed E-state index contributed by atoms with van der Waals surface area (Å²) in [6.45, 7) is 24.6. The van der Waals surface area contributed by atoms with Crippen LogP contribution >= 0.6 is 0 Å². The first-order valence-electron chi connectivity index (χ1n) is 15.2. The van der Waals surface area contributed by atoms with E-state index in [4.69, 9.17) is 4.74 Å². The molecule has 0 amide bonds. The summed E-state index contributed by atoms with van der Waals surface area (Å²) < 4.78 is 6.41. The van der Waals surface area contributed by atoms with Gasteiger partial charge in [-0.2, -0.15) is 0 Å². The molecule has 0 radical (unpaired) electrons. The number of piperazine rings is 1. The highest BCUT2D eigenvalue weighted by molar-refractivity contribution is 4.82. The molecule has 3 aliphatic heterocycles. The molecule has 0 spiro atoms. The van der Waals surface area contributed by atoms with Crippen LogP contribution in [0, 0.1) is 11.8 Å². The van der Waals surface area contributed by atoms with Gasteiger partial charge in [-0.25, -0.2) is 0 Å². The van der Waals surface area contributed by atoms with Crippen LogP contribution in [0.4, 0.5) is 0 Å². The summed E-state index contributed by atoms with van der Waals surface area (Å²) in [5.41, 5.74) is 0. The van der Waals surface area contributed by atoms with Gasteiger partial charge in [0.1, 0.15) is 0 Å². The molecule has 0 bridgehead atoms. The molecule has 1 saturated carbocycles. The van der Waals surface area contributed by atoms with Gasteiger partial charge < -0.3 is 24.8 Å². The van der Waals surface area contributed by atoms with Crippen LogP contribution in [0.15, 0.2) is 0 Å². The van der Waals surface area contributed by atoms with Crippen LogP contribution in [0.3, 0.4) is 0 Å². The van der Waals surface area contributed by atoms with E-state index in [9.17, 15) is 0 Å². The predicted molar refractivity (Wildman–Crippen MR) is 148 cm³/mol. The van der Waals surface area contributed by atoms with E-state index in [1.807, 2.05) is 13.8 Å². The molecule has 3 heterocycles. The van der Waals surface area contributed by atoms with Crippen LogP contribution in [0.5, 0.6) is 0 Å². The highest BCUT2D eigenvalue weighted by atomic mass is 16.5. The number of nitrogens with one attached hydrogen (secondary N) is 1. The Labute approximate surface area is 213 Å². The Bertz CT molecular complexity index is 469. The van der Waals surface area contributed by atoms with Gasteiger partial charge in [-0.3, -0.25) is 0 Å². The molecule has 4 rings (SSSR count). The van der Waals surface area contributed by atoms with Crippen molar-refractivity contribution in [3.8, 4) is 0 Å². The first-order chi connectivity index (χ1) is 16.7. The van der Waals surface area contributed by atoms with Gasteiger partial charge in [0.2, 0.25) is 0 Å². The van der Waals surface area contributed by atoms with Crippen LogP contribution < -0.4 is 5.32 Å². The maximum absolute atomic E-state index is 6.41. The molecular formula is C29H60N4O. The number of hydrogen-bond donors (Lipinski definition) is 1. The Hall–Kier alpha value is -0.200. The number of likely N-dealkylation sites (tertiary alicyclic amines) is 1. The lowest BCUT2D eigenvalue weighted by Gasteiger charge is -2.41. The highest BCUT2D eigenvalue weighted by Crippen LogP contribution is 2.29. The summed E-state index contributed by atoms with van der Waals surface area (Å²) >= 11 is 0. The zero-order valence-electron chi connectivity index (χ0n) is 23.7. The van der Waals surface area contributed by atoms with E-state index in [-0.39, 0.29) is 0 Å². The quantitative estimate of drug-likeness (QED) is 0.547. The van der Waals surface area contributed by atoms with Crippen molar-refractivity contribution in [3.63, 3.8) is 0 Å². The second-order valence-corrected chi connectivity index (χ2v) is 10.9. The zero-order valence-corrected chi connectivity index (χ0v) is 23.7. The topological polar surface area (TPSA) is 31.0 Å². The number of piperidine rings is 2. The number of ether oxygens (including phenoxy) is 1. The maximum atomic E-state index is 6.41. The molecule has 5 heteroatoms. The molecule has 1 aliphatic carbocycles. The van der Waals surface area contributed by atoms with Crippen LogP contribution in [-0.2, 0) is 4.74 Å². The minimum atomic E-state index is 0.527. The van der Waals surface area contributed by atoms with Gasteiger partial charge >= 0.3 is 0 Å². The van der Waals surface area contributed by atoms with Gasteiger partial charge in [0.15, 0.2) is 0 Å². The molecule has 4 fully saturated rings. The second-order valence-electron chi connectivity index (χ2n) is 10.9. The average Bonchev–Trinajstić information content (AvgIpc) is 2.89. The van der Waals surface area contributed by atoms with Crippen molar-refractivity contribution in [1.29, 1.82) is 0 Å². The van der Waals surface area contributed by atoms with Crippen LogP contribution in [0.2, 0.25) is 0 Å². The lowest BCUT2D eigenvalue weighted by atomic mass is 9.86. The van der Waals surface area contributed by atoms with Gasteiger partial charge in [-0.05, 0) is 89.4 Å². The van der Waals surface area contributed by atoms with Gasteiger partial charge in [-0.15, -0.1) is 0 Å². The number of nitrogens with zero attached hydrogens (tertiary/aromatic N) is 3. The Balaban J connectivity index is 0.000000758. The molecule has 34 heavy (non-hydrogen) atoms. The fourth-order valence-electron chi connectivity index (χ4n) is 6.13. The highest BCUT2D eigenvalue weighted by Gasteiger charge is 2.28. The van der Waals surface area contributed by atoms with Crippen molar-refractivity contribution in [2.24, 2.45) is 11.8 Å². The summed E-state index contributed by atoms with van der Waals surface area (Å²) in [5, 5.41) is 3.44. The van der Waals surface area contributed by atoms with Crippen molar-refractivity contribution in [2.75, 3.05) is 72.0 Å². The van der Waals surface area contributed by atoms with Crippen LogP contribution in [0.25, 0.3) is 0 Å². The first kappa shape index (κ1) is 30.0. The lowest BCUT2D eigenvalue weighted by Crippen LogP contribution is -2.50. The van der Waals surface area contributed by atoms with Gasteiger partial charge in [0.05, 0.1) is 12.2 Å². The molecule has 4 aliphatic rings. The summed E-state index contributed by atoms with van der Waals surface area (Å²) in [6, 6.07) is 0. The average molecular weight is 481 g/mol. The smallest absolute Gasteiger partial charge is 0.0603 e. The zero-order chi connectivity index (χ0) is 24.6. The SMILES string of the molecule is CC.CCC.CCN1CCC[C@H](CN2CCN(CC3CCC(OC4CCNCC4)CC3)CC2)C1. The van der Waals surface area contributed by atoms with Crippen molar-refractivity contribution in [2.45, 2.75) is 105 Å². The molecule has 0 aromatic rings. The molecule has 0 aromatic carbocycles. The Kier molecular flexibility index (Phi) is 16.0. The van der Waals surface area contributed by atoms with E-state index in [1.165, 1.54) is 117 Å². The molecule has 1 atom stereocenters. The molecule has 0 aromatic heterocycles. The summed E-state index contributed by atoms with van der Waals surface area (Å²) in [6.07, 6.45) is 12.9. The van der Waals surface area contributed by atoms with E-state index in [1.54, 1.807) is 0 Å². The number of hydrogen-bond acceptors (Lipinski definition) is 5. The molecule has 0 unspecified atom stereocenters. The molecular weight excluding hydrogens is 420 g/mol. The minimum absolute atomic E-state index is 0.527. The van der Waals surface area contributed by atoms with E-state index in [0.29, 0.717) is 12.2 Å². The molecule has 202 valence electrons. The molecule has 5 nitrogen and oxygen atoms in total. The minimum Gasteiger partial charge on any atom is -0.375 e. The predicted octanol–water partition coefficient (Wildman–Crippen LogP) is 5.11. The van der Waals surface area contributed by atoms with E-state index in [0.717, 1.165) is 24.9 Å². The van der Waals surface area contributed by atoms with Crippen molar-refractivity contribution < 1.29 is 4.74 Å². The van der Waals surface area contributed by atoms with Gasteiger partial charge in [0, 0.05) is 45.8 Å². The van der Waals surface area contributed by atoms with Crippen LogP contribution in [0.1, 0.15) is 92.4 Å². The van der Waals surface area contributed by atoms with E-state index in [2.05, 4.69) is 40.8 Å². The monoisotopic (exact) mass is 480 g/mol. The first-order valence-corrected chi connectivity index (χ1v) is 15.2. The fraction of sp³-hybridized carbons (Fsp3) is 1.00. The number of rotatable bonds is 7. The summed E-state index contributed by atoms with van der Waals surface area (Å²) in [7, 11) is 0. The van der Waals surface area contributed by atoms with Crippen molar-refractivity contribution >= 4 is 0 Å². The van der Waals surface area contributed by atoms with Gasteiger partial charge in [-0.1, -0.05) is 41.0 Å². The Morgan fingerprint density at radius 2 is 1.18 bits per heavy atom. The normalized spacial score (nSPS) is 30.1. The van der Waals surface area contributed by atoms with E-state index < -0.39 is 0 Å². The second kappa shape index (κ2) is 18.1. The maximum Gasteiger partial charge on any atom is 0.0603 e. The van der Waals surface area contributed by atoms with Crippen molar-refractivity contribution in [1.82, 2.24) is 20.0 Å². The van der Waals surface area contributed by atoms with Gasteiger partial charge in [0.25, 0.3) is 0 Å². The van der Waals surface area contributed by atoms with Crippen molar-refractivity contribution in [3.05, 3.63) is 0 Å². The molecule has 1 N–H and O–H groups in total. The van der Waals surface area contributed by atoms with Crippen LogP contribution in [-0.4, -0.2) is 98.9 Å². The third-order valence-electron chi connectivity index (χ3n) is 8.01. The molecule has 3 saturated heterocycles. The standard InChI is InChI=1S/C24H46N4O.C3H8.C2H6/c1-2-26-13-3-4-22(19-26)20-28-16-14-27(15-17-28)18-21-5-7-23(8-6-21)29-24-9-11-25-12-10-24;1-3-2;1-2/h21-25H,2-20H2,1H3;3H2,1-2H3;1-2H3/t21?,22-,23?;;/m0../s1. The largest absolute Gasteiger partial charge is 0.375 e. The Morgan fingerprint density at radius 3 is 1.74 bits per heavy atom. The third kappa shape index (κ3) is 11.2. The summed E-state index contributed by atoms with van der Waals surface area (Å²) in [5.74, 6) is 1.82.